The highest BCUT2D eigenvalue weighted by Crippen LogP contribution is 2.38. The van der Waals surface area contributed by atoms with Crippen molar-refractivity contribution in [2.75, 3.05) is 5.32 Å². The highest BCUT2D eigenvalue weighted by molar-refractivity contribution is 5.95. The maximum atomic E-state index is 12.6. The fourth-order valence-corrected chi connectivity index (χ4v) is 3.08. The Morgan fingerprint density at radius 3 is 2.69 bits per heavy atom. The average molecular weight is 349 g/mol. The van der Waals surface area contributed by atoms with Gasteiger partial charge in [-0.3, -0.25) is 9.89 Å². The zero-order chi connectivity index (χ0) is 18.1. The van der Waals surface area contributed by atoms with Gasteiger partial charge < -0.3 is 15.8 Å². The van der Waals surface area contributed by atoms with E-state index in [0.717, 1.165) is 16.9 Å². The summed E-state index contributed by atoms with van der Waals surface area (Å²) in [6, 6.07) is 15.1. The molecular formula is C19H19N5O2. The third-order valence-corrected chi connectivity index (χ3v) is 4.51. The Labute approximate surface area is 150 Å². The van der Waals surface area contributed by atoms with Crippen LogP contribution in [0.3, 0.4) is 0 Å². The van der Waals surface area contributed by atoms with Gasteiger partial charge >= 0.3 is 0 Å². The van der Waals surface area contributed by atoms with Gasteiger partial charge in [-0.2, -0.15) is 5.10 Å². The third-order valence-electron chi connectivity index (χ3n) is 4.51. The Bertz CT molecular complexity index is 935. The number of nitrogens with two attached hydrogens (primary N) is 1. The van der Waals surface area contributed by atoms with Gasteiger partial charge in [-0.1, -0.05) is 25.1 Å². The van der Waals surface area contributed by atoms with Crippen molar-refractivity contribution in [3.8, 4) is 17.1 Å². The number of benzene rings is 2. The molecular weight excluding hydrogens is 330 g/mol. The van der Waals surface area contributed by atoms with Crippen LogP contribution in [0.2, 0.25) is 0 Å². The van der Waals surface area contributed by atoms with Crippen molar-refractivity contribution < 1.29 is 9.53 Å². The predicted octanol–water partition coefficient (Wildman–Crippen LogP) is 2.43. The normalized spacial score (nSPS) is 18.2. The van der Waals surface area contributed by atoms with E-state index in [9.17, 15) is 4.79 Å². The first-order chi connectivity index (χ1) is 12.7. The molecule has 2 heterocycles. The van der Waals surface area contributed by atoms with E-state index in [2.05, 4.69) is 20.5 Å². The van der Waals surface area contributed by atoms with Crippen LogP contribution in [0, 0.1) is 0 Å². The number of nitrogens with zero attached hydrogens (tertiary/aromatic N) is 2. The summed E-state index contributed by atoms with van der Waals surface area (Å²) in [5, 5.41) is 9.81. The second-order valence-electron chi connectivity index (χ2n) is 6.24. The first kappa shape index (κ1) is 16.3. The molecule has 1 aliphatic heterocycles. The first-order valence-electron chi connectivity index (χ1n) is 8.44. The maximum absolute atomic E-state index is 12.6. The summed E-state index contributed by atoms with van der Waals surface area (Å²) in [6.45, 7) is 2.31. The number of carbonyl (C=O) groups is 1. The predicted molar refractivity (Wildman–Crippen MR) is 97.6 cm³/mol. The van der Waals surface area contributed by atoms with Crippen LogP contribution in [-0.4, -0.2) is 27.2 Å². The molecule has 7 nitrogen and oxygen atoms in total. The number of carbonyl (C=O) groups excluding carboxylic acids is 1. The number of rotatable bonds is 4. The van der Waals surface area contributed by atoms with Crippen LogP contribution in [0.15, 0.2) is 48.5 Å². The molecule has 0 saturated heterocycles. The molecule has 0 aliphatic carbocycles. The van der Waals surface area contributed by atoms with Gasteiger partial charge in [0.25, 0.3) is 5.91 Å². The fourth-order valence-electron chi connectivity index (χ4n) is 3.08. The van der Waals surface area contributed by atoms with Gasteiger partial charge in [0.2, 0.25) is 0 Å². The smallest absolute Gasteiger partial charge is 0.266 e. The minimum atomic E-state index is -0.535. The summed E-state index contributed by atoms with van der Waals surface area (Å²) in [4.78, 5) is 16.9. The molecule has 0 spiro atoms. The summed E-state index contributed by atoms with van der Waals surface area (Å²) >= 11 is 0. The molecule has 26 heavy (non-hydrogen) atoms. The van der Waals surface area contributed by atoms with Crippen LogP contribution in [0.25, 0.3) is 11.4 Å². The highest BCUT2D eigenvalue weighted by Gasteiger charge is 2.36. The summed E-state index contributed by atoms with van der Waals surface area (Å²) in [5.74, 6) is 1.82. The van der Waals surface area contributed by atoms with E-state index < -0.39 is 6.10 Å². The van der Waals surface area contributed by atoms with Crippen molar-refractivity contribution in [1.29, 1.82) is 0 Å². The SMILES string of the molecule is C[C@@H]1c2ccccc2O[C@H]1C(=O)Nc1ccc(-c2n[nH]c(CN)n2)cc1. The van der Waals surface area contributed by atoms with Crippen molar-refractivity contribution in [2.45, 2.75) is 25.5 Å². The van der Waals surface area contributed by atoms with Crippen molar-refractivity contribution in [3.63, 3.8) is 0 Å². The van der Waals surface area contributed by atoms with Crippen LogP contribution in [0.4, 0.5) is 5.69 Å². The van der Waals surface area contributed by atoms with Crippen LogP contribution >= 0.6 is 0 Å². The lowest BCUT2D eigenvalue weighted by Crippen LogP contribution is -2.33. The lowest BCUT2D eigenvalue weighted by Gasteiger charge is -2.15. The number of hydrogen-bond donors (Lipinski definition) is 3. The van der Waals surface area contributed by atoms with Crippen molar-refractivity contribution in [2.24, 2.45) is 5.73 Å². The van der Waals surface area contributed by atoms with Gasteiger partial charge in [0.1, 0.15) is 11.6 Å². The number of H-pyrrole nitrogens is 1. The number of ether oxygens (including phenoxy) is 1. The Balaban J connectivity index is 1.45. The standard InChI is InChI=1S/C19H19N5O2/c1-11-14-4-2-3-5-15(14)26-17(11)19(25)21-13-8-6-12(7-9-13)18-22-16(10-20)23-24-18/h2-9,11,17H,10,20H2,1H3,(H,21,25)(H,22,23,24)/t11-,17-/m1/s1. The number of anilines is 1. The number of aromatic amines is 1. The topological polar surface area (TPSA) is 106 Å². The minimum Gasteiger partial charge on any atom is -0.480 e. The van der Waals surface area contributed by atoms with Crippen molar-refractivity contribution in [3.05, 3.63) is 59.9 Å². The summed E-state index contributed by atoms with van der Waals surface area (Å²) in [7, 11) is 0. The number of hydrogen-bond acceptors (Lipinski definition) is 5. The second-order valence-corrected chi connectivity index (χ2v) is 6.24. The first-order valence-corrected chi connectivity index (χ1v) is 8.44. The van der Waals surface area contributed by atoms with E-state index in [1.54, 1.807) is 0 Å². The molecule has 4 N–H and O–H groups in total. The highest BCUT2D eigenvalue weighted by atomic mass is 16.5. The molecule has 1 aliphatic rings. The van der Waals surface area contributed by atoms with E-state index in [0.29, 0.717) is 23.9 Å². The molecule has 0 fully saturated rings. The minimum absolute atomic E-state index is 0.00779. The monoisotopic (exact) mass is 349 g/mol. The zero-order valence-corrected chi connectivity index (χ0v) is 14.3. The number of amides is 1. The molecule has 0 radical (unpaired) electrons. The van der Waals surface area contributed by atoms with E-state index in [4.69, 9.17) is 10.5 Å². The van der Waals surface area contributed by atoms with E-state index in [-0.39, 0.29) is 11.8 Å². The number of para-hydroxylation sites is 1. The molecule has 3 aromatic rings. The molecule has 1 aromatic heterocycles. The molecule has 2 atom stereocenters. The Morgan fingerprint density at radius 2 is 2.00 bits per heavy atom. The Kier molecular flexibility index (Phi) is 4.14. The average Bonchev–Trinajstić information content (AvgIpc) is 3.28. The van der Waals surface area contributed by atoms with Crippen LogP contribution < -0.4 is 15.8 Å². The van der Waals surface area contributed by atoms with Crippen molar-refractivity contribution in [1.82, 2.24) is 15.2 Å². The van der Waals surface area contributed by atoms with Gasteiger partial charge in [-0.05, 0) is 30.3 Å². The quantitative estimate of drug-likeness (QED) is 0.671. The van der Waals surface area contributed by atoms with E-state index in [1.165, 1.54) is 0 Å². The molecule has 0 bridgehead atoms. The molecule has 0 saturated carbocycles. The van der Waals surface area contributed by atoms with Gasteiger partial charge in [-0.15, -0.1) is 0 Å². The molecule has 132 valence electrons. The zero-order valence-electron chi connectivity index (χ0n) is 14.3. The summed E-state index contributed by atoms with van der Waals surface area (Å²) < 4.78 is 5.81. The second kappa shape index (κ2) is 6.61. The lowest BCUT2D eigenvalue weighted by molar-refractivity contribution is -0.122. The van der Waals surface area contributed by atoms with Gasteiger partial charge in [-0.25, -0.2) is 4.98 Å². The Hall–Kier alpha value is -3.19. The van der Waals surface area contributed by atoms with Crippen LogP contribution in [0.1, 0.15) is 24.2 Å². The van der Waals surface area contributed by atoms with E-state index in [1.807, 2.05) is 55.5 Å². The van der Waals surface area contributed by atoms with Crippen LogP contribution in [0.5, 0.6) is 5.75 Å². The molecule has 1 amide bonds. The van der Waals surface area contributed by atoms with Gasteiger partial charge in [0.05, 0.1) is 6.54 Å². The molecule has 2 aromatic carbocycles. The number of fused-ring (bicyclic) bond motifs is 1. The fraction of sp³-hybridized carbons (Fsp3) is 0.211. The Morgan fingerprint density at radius 1 is 1.23 bits per heavy atom. The maximum Gasteiger partial charge on any atom is 0.266 e. The largest absolute Gasteiger partial charge is 0.480 e. The van der Waals surface area contributed by atoms with Gasteiger partial charge in [0.15, 0.2) is 11.9 Å². The lowest BCUT2D eigenvalue weighted by atomic mass is 9.97. The number of nitrogens with one attached hydrogen (secondary N) is 2. The van der Waals surface area contributed by atoms with Crippen LogP contribution in [-0.2, 0) is 11.3 Å². The van der Waals surface area contributed by atoms with E-state index >= 15 is 0 Å². The van der Waals surface area contributed by atoms with Gasteiger partial charge in [0, 0.05) is 22.7 Å². The third kappa shape index (κ3) is 2.93. The number of aromatic nitrogens is 3. The molecule has 4 rings (SSSR count). The van der Waals surface area contributed by atoms with Crippen molar-refractivity contribution >= 4 is 11.6 Å². The summed E-state index contributed by atoms with van der Waals surface area (Å²) in [5.41, 5.74) is 8.13. The molecule has 7 heteroatoms. The molecule has 0 unspecified atom stereocenters. The summed E-state index contributed by atoms with van der Waals surface area (Å²) in [6.07, 6.45) is -0.535.